The van der Waals surface area contributed by atoms with Crippen LogP contribution in [0.1, 0.15) is 36.8 Å². The molecule has 2 aromatic rings. The van der Waals surface area contributed by atoms with Crippen molar-refractivity contribution in [2.24, 2.45) is 0 Å². The van der Waals surface area contributed by atoms with Crippen molar-refractivity contribution in [1.29, 1.82) is 0 Å². The molecule has 0 bridgehead atoms. The van der Waals surface area contributed by atoms with Crippen LogP contribution >= 0.6 is 0 Å². The van der Waals surface area contributed by atoms with E-state index in [0.717, 1.165) is 25.7 Å². The van der Waals surface area contributed by atoms with Gasteiger partial charge in [-0.2, -0.15) is 0 Å². The molecule has 0 aliphatic carbocycles. The monoisotopic (exact) mass is 284 g/mol. The zero-order valence-corrected chi connectivity index (χ0v) is 12.8. The normalized spacial score (nSPS) is 11.0. The van der Waals surface area contributed by atoms with Crippen LogP contribution in [-0.4, -0.2) is 0 Å². The fourth-order valence-corrected chi connectivity index (χ4v) is 2.32. The smallest absolute Gasteiger partial charge is 0.0121 e. The zero-order valence-electron chi connectivity index (χ0n) is 12.8. The van der Waals surface area contributed by atoms with Gasteiger partial charge in [0.2, 0.25) is 0 Å². The van der Waals surface area contributed by atoms with Crippen LogP contribution in [0, 0.1) is 24.7 Å². The van der Waals surface area contributed by atoms with Crippen LogP contribution in [0.3, 0.4) is 0 Å². The summed E-state index contributed by atoms with van der Waals surface area (Å²) in [6, 6.07) is 12.9. The molecule has 0 heterocycles. The molecular weight excluding hydrogens is 264 g/mol. The third kappa shape index (κ3) is 4.41. The molecule has 0 radical (unpaired) electrons. The number of allylic oxidation sites excluding steroid dienone is 2. The quantitative estimate of drug-likeness (QED) is 0.472. The molecule has 2 rings (SSSR count). The number of rotatable bonds is 6. The lowest BCUT2D eigenvalue weighted by molar-refractivity contribution is 1.09. The van der Waals surface area contributed by atoms with Gasteiger partial charge in [-0.15, -0.1) is 24.7 Å². The molecule has 0 N–H and O–H groups in total. The predicted octanol–water partition coefficient (Wildman–Crippen LogP) is 5.69. The molecule has 0 amide bonds. The molecule has 0 spiro atoms. The Bertz CT molecular complexity index is 694. The summed E-state index contributed by atoms with van der Waals surface area (Å²) in [4.78, 5) is 0. The van der Waals surface area contributed by atoms with Gasteiger partial charge in [0, 0.05) is 12.8 Å². The van der Waals surface area contributed by atoms with E-state index in [-0.39, 0.29) is 0 Å². The van der Waals surface area contributed by atoms with Gasteiger partial charge in [0.1, 0.15) is 0 Å². The first-order valence-corrected chi connectivity index (χ1v) is 7.58. The van der Waals surface area contributed by atoms with Gasteiger partial charge in [-0.1, -0.05) is 48.6 Å². The molecule has 0 unspecified atom stereocenters. The minimum absolute atomic E-state index is 0.775. The Morgan fingerprint density at radius 3 is 1.64 bits per heavy atom. The summed E-state index contributed by atoms with van der Waals surface area (Å²) in [5.74, 6) is 5.33. The molecule has 0 aliphatic heterocycles. The van der Waals surface area contributed by atoms with E-state index in [4.69, 9.17) is 12.8 Å². The first kappa shape index (κ1) is 15.7. The summed E-state index contributed by atoms with van der Waals surface area (Å²) < 4.78 is 0. The molecule has 0 aliphatic rings. The van der Waals surface area contributed by atoms with Crippen molar-refractivity contribution < 1.29 is 0 Å². The minimum atomic E-state index is 0.775. The highest BCUT2D eigenvalue weighted by molar-refractivity contribution is 5.88. The van der Waals surface area contributed by atoms with Gasteiger partial charge in [0.25, 0.3) is 0 Å². The Morgan fingerprint density at radius 1 is 0.773 bits per heavy atom. The highest BCUT2D eigenvalue weighted by atomic mass is 14.0. The van der Waals surface area contributed by atoms with Crippen molar-refractivity contribution in [1.82, 2.24) is 0 Å². The number of hydrogen-bond donors (Lipinski definition) is 0. The van der Waals surface area contributed by atoms with E-state index in [9.17, 15) is 0 Å². The molecule has 0 saturated carbocycles. The predicted molar refractivity (Wildman–Crippen MR) is 98.2 cm³/mol. The number of benzene rings is 2. The van der Waals surface area contributed by atoms with Crippen LogP contribution in [0.4, 0.5) is 0 Å². The molecule has 0 fully saturated rings. The lowest BCUT2D eigenvalue weighted by atomic mass is 9.99. The van der Waals surface area contributed by atoms with Crippen LogP contribution in [0.5, 0.6) is 0 Å². The van der Waals surface area contributed by atoms with E-state index >= 15 is 0 Å². The van der Waals surface area contributed by atoms with E-state index in [0.29, 0.717) is 0 Å². The second-order valence-electron chi connectivity index (χ2n) is 5.12. The average Bonchev–Trinajstić information content (AvgIpc) is 2.55. The van der Waals surface area contributed by atoms with Crippen LogP contribution in [0.2, 0.25) is 0 Å². The Kier molecular flexibility index (Phi) is 6.10. The van der Waals surface area contributed by atoms with Gasteiger partial charge < -0.3 is 0 Å². The van der Waals surface area contributed by atoms with Crippen molar-refractivity contribution in [3.63, 3.8) is 0 Å². The highest BCUT2D eigenvalue weighted by Crippen LogP contribution is 2.23. The topological polar surface area (TPSA) is 0 Å². The third-order valence-electron chi connectivity index (χ3n) is 3.46. The first-order valence-electron chi connectivity index (χ1n) is 7.58. The molecular formula is C22H20. The van der Waals surface area contributed by atoms with Crippen molar-refractivity contribution in [3.8, 4) is 24.7 Å². The Balaban J connectivity index is 2.33. The van der Waals surface area contributed by atoms with E-state index < -0.39 is 0 Å². The highest BCUT2D eigenvalue weighted by Gasteiger charge is 2.00. The third-order valence-corrected chi connectivity index (χ3v) is 3.46. The minimum Gasteiger partial charge on any atom is -0.120 e. The average molecular weight is 284 g/mol. The van der Waals surface area contributed by atoms with E-state index in [2.05, 4.69) is 72.5 Å². The summed E-state index contributed by atoms with van der Waals surface area (Å²) in [5.41, 5.74) is 2.43. The maximum Gasteiger partial charge on any atom is 0.0121 e. The van der Waals surface area contributed by atoms with Gasteiger partial charge in [0.05, 0.1) is 0 Å². The number of fused-ring (bicyclic) bond motifs is 1. The standard InChI is InChI=1S/C22H20/c1-3-5-7-9-13-19-17-21-15-11-12-16-22(21)18-20(19)14-10-8-6-4-2/h1-2,9-18H,5-8H2/b13-9+,14-10+. The number of unbranched alkanes of at least 4 members (excludes halogenated alkanes) is 2. The summed E-state index contributed by atoms with van der Waals surface area (Å²) in [7, 11) is 0. The van der Waals surface area contributed by atoms with E-state index in [1.807, 2.05) is 0 Å². The van der Waals surface area contributed by atoms with Crippen molar-refractivity contribution in [2.45, 2.75) is 25.7 Å². The van der Waals surface area contributed by atoms with E-state index in [1.165, 1.54) is 21.9 Å². The van der Waals surface area contributed by atoms with Gasteiger partial charge in [-0.3, -0.25) is 0 Å². The molecule has 22 heavy (non-hydrogen) atoms. The Labute approximate surface area is 133 Å². The molecule has 0 heteroatoms. The summed E-state index contributed by atoms with van der Waals surface area (Å²) in [6.07, 6.45) is 22.6. The summed E-state index contributed by atoms with van der Waals surface area (Å²) in [6.45, 7) is 0. The summed E-state index contributed by atoms with van der Waals surface area (Å²) >= 11 is 0. The van der Waals surface area contributed by atoms with Crippen LogP contribution < -0.4 is 0 Å². The lowest BCUT2D eigenvalue weighted by Gasteiger charge is -2.05. The Morgan fingerprint density at radius 2 is 1.23 bits per heavy atom. The van der Waals surface area contributed by atoms with Gasteiger partial charge in [-0.25, -0.2) is 0 Å². The van der Waals surface area contributed by atoms with Gasteiger partial charge >= 0.3 is 0 Å². The van der Waals surface area contributed by atoms with Gasteiger partial charge in [-0.05, 0) is 46.9 Å². The number of terminal acetylenes is 2. The van der Waals surface area contributed by atoms with Crippen LogP contribution in [0.25, 0.3) is 22.9 Å². The van der Waals surface area contributed by atoms with Crippen molar-refractivity contribution in [3.05, 3.63) is 59.7 Å². The molecule has 0 atom stereocenters. The first-order chi connectivity index (χ1) is 10.8. The van der Waals surface area contributed by atoms with Crippen molar-refractivity contribution >= 4 is 22.9 Å². The maximum atomic E-state index is 5.30. The zero-order chi connectivity index (χ0) is 15.6. The van der Waals surface area contributed by atoms with Crippen LogP contribution in [0.15, 0.2) is 48.6 Å². The molecule has 0 saturated heterocycles. The molecule has 0 aromatic heterocycles. The fraction of sp³-hybridized carbons (Fsp3) is 0.182. The SMILES string of the molecule is C#CCC/C=C/c1cc2ccccc2cc1/C=C/CCC#C. The number of hydrogen-bond acceptors (Lipinski definition) is 0. The van der Waals surface area contributed by atoms with Crippen molar-refractivity contribution in [2.75, 3.05) is 0 Å². The summed E-state index contributed by atoms with van der Waals surface area (Å²) in [5, 5.41) is 2.50. The van der Waals surface area contributed by atoms with Gasteiger partial charge in [0.15, 0.2) is 0 Å². The second-order valence-corrected chi connectivity index (χ2v) is 5.12. The largest absolute Gasteiger partial charge is 0.120 e. The van der Waals surface area contributed by atoms with E-state index in [1.54, 1.807) is 0 Å². The second kappa shape index (κ2) is 8.56. The maximum absolute atomic E-state index is 5.30. The molecule has 0 nitrogen and oxygen atoms in total. The Hall–Kier alpha value is -2.70. The molecule has 108 valence electrons. The van der Waals surface area contributed by atoms with Crippen LogP contribution in [-0.2, 0) is 0 Å². The fourth-order valence-electron chi connectivity index (χ4n) is 2.32. The lowest BCUT2D eigenvalue weighted by Crippen LogP contribution is -1.83. The molecule has 2 aromatic carbocycles.